The van der Waals surface area contributed by atoms with Crippen molar-refractivity contribution < 1.29 is 14.0 Å². The first-order valence-electron chi connectivity index (χ1n) is 8.51. The maximum Gasteiger partial charge on any atom is 0.270 e. The molecule has 4 rings (SSSR count). The predicted octanol–water partition coefficient (Wildman–Crippen LogP) is 5.02. The third-order valence-corrected chi connectivity index (χ3v) is 5.72. The molecule has 0 bridgehead atoms. The normalized spacial score (nSPS) is 15.7. The first-order chi connectivity index (χ1) is 14.0. The SMILES string of the molecule is O=C1NC(=S)N(c2cccc(Br)c2)C(=O)/C1=C/c1ccc(Sc2ccccc2)o1. The molecule has 1 fully saturated rings. The lowest BCUT2D eigenvalue weighted by atomic mass is 10.1. The molecule has 0 aliphatic carbocycles. The highest BCUT2D eigenvalue weighted by Crippen LogP contribution is 2.30. The second kappa shape index (κ2) is 8.36. The van der Waals surface area contributed by atoms with Crippen LogP contribution in [0.5, 0.6) is 0 Å². The van der Waals surface area contributed by atoms with Gasteiger partial charge in [-0.1, -0.05) is 52.0 Å². The number of thiocarbonyl (C=S) groups is 1. The van der Waals surface area contributed by atoms with Crippen LogP contribution in [0.4, 0.5) is 5.69 Å². The third-order valence-electron chi connectivity index (χ3n) is 4.02. The minimum absolute atomic E-state index is 0.0371. The minimum atomic E-state index is -0.556. The highest BCUT2D eigenvalue weighted by molar-refractivity contribution is 9.10. The molecule has 1 aliphatic rings. The van der Waals surface area contributed by atoms with Crippen molar-refractivity contribution in [1.82, 2.24) is 5.32 Å². The van der Waals surface area contributed by atoms with Crippen LogP contribution in [0.2, 0.25) is 0 Å². The average Bonchev–Trinajstić information content (AvgIpc) is 3.13. The van der Waals surface area contributed by atoms with Crippen molar-refractivity contribution >= 4 is 68.6 Å². The molecule has 5 nitrogen and oxygen atoms in total. The predicted molar refractivity (Wildman–Crippen MR) is 120 cm³/mol. The van der Waals surface area contributed by atoms with E-state index in [0.29, 0.717) is 16.5 Å². The van der Waals surface area contributed by atoms with Gasteiger partial charge in [0, 0.05) is 9.37 Å². The molecule has 29 heavy (non-hydrogen) atoms. The van der Waals surface area contributed by atoms with Crippen molar-refractivity contribution in [3.05, 3.63) is 82.5 Å². The summed E-state index contributed by atoms with van der Waals surface area (Å²) in [5, 5.41) is 3.26. The summed E-state index contributed by atoms with van der Waals surface area (Å²) in [5.41, 5.74) is 0.504. The molecule has 3 aromatic rings. The third kappa shape index (κ3) is 4.34. The van der Waals surface area contributed by atoms with Gasteiger partial charge in [-0.2, -0.15) is 0 Å². The largest absolute Gasteiger partial charge is 0.450 e. The van der Waals surface area contributed by atoms with Gasteiger partial charge in [0.15, 0.2) is 10.2 Å². The van der Waals surface area contributed by atoms with E-state index in [4.69, 9.17) is 16.6 Å². The second-order valence-electron chi connectivity index (χ2n) is 6.01. The molecule has 8 heteroatoms. The number of carbonyl (C=O) groups excluding carboxylic acids is 2. The van der Waals surface area contributed by atoms with E-state index in [-0.39, 0.29) is 10.7 Å². The van der Waals surface area contributed by atoms with Crippen LogP contribution in [0.1, 0.15) is 5.76 Å². The highest BCUT2D eigenvalue weighted by Gasteiger charge is 2.34. The number of anilines is 1. The van der Waals surface area contributed by atoms with Gasteiger partial charge in [-0.05, 0) is 60.8 Å². The van der Waals surface area contributed by atoms with Crippen molar-refractivity contribution in [2.24, 2.45) is 0 Å². The van der Waals surface area contributed by atoms with Gasteiger partial charge in [0.1, 0.15) is 11.3 Å². The van der Waals surface area contributed by atoms with E-state index in [2.05, 4.69) is 21.2 Å². The summed E-state index contributed by atoms with van der Waals surface area (Å²) < 4.78 is 6.56. The van der Waals surface area contributed by atoms with Gasteiger partial charge in [0.05, 0.1) is 5.69 Å². The summed E-state index contributed by atoms with van der Waals surface area (Å²) in [4.78, 5) is 27.7. The number of furan rings is 1. The molecule has 0 spiro atoms. The second-order valence-corrected chi connectivity index (χ2v) is 8.39. The summed E-state index contributed by atoms with van der Waals surface area (Å²) in [6, 6.07) is 20.4. The molecule has 2 aromatic carbocycles. The van der Waals surface area contributed by atoms with Crippen LogP contribution in [0.25, 0.3) is 6.08 Å². The number of hydrogen-bond donors (Lipinski definition) is 1. The zero-order chi connectivity index (χ0) is 20.4. The fraction of sp³-hybridized carbons (Fsp3) is 0. The van der Waals surface area contributed by atoms with Crippen LogP contribution in [0, 0.1) is 0 Å². The van der Waals surface area contributed by atoms with E-state index in [0.717, 1.165) is 9.37 Å². The van der Waals surface area contributed by atoms with Crippen molar-refractivity contribution in [2.45, 2.75) is 9.99 Å². The van der Waals surface area contributed by atoms with Gasteiger partial charge >= 0.3 is 0 Å². The maximum absolute atomic E-state index is 13.0. The summed E-state index contributed by atoms with van der Waals surface area (Å²) in [7, 11) is 0. The molecular weight excluding hydrogens is 472 g/mol. The molecule has 2 heterocycles. The van der Waals surface area contributed by atoms with E-state index in [9.17, 15) is 9.59 Å². The summed E-state index contributed by atoms with van der Waals surface area (Å²) >= 11 is 10.0. The van der Waals surface area contributed by atoms with Gasteiger partial charge in [-0.15, -0.1) is 0 Å². The smallest absolute Gasteiger partial charge is 0.270 e. The number of rotatable bonds is 4. The zero-order valence-corrected chi connectivity index (χ0v) is 18.0. The molecule has 0 unspecified atom stereocenters. The number of hydrogen-bond acceptors (Lipinski definition) is 5. The maximum atomic E-state index is 13.0. The number of nitrogens with zero attached hydrogens (tertiary/aromatic N) is 1. The van der Waals surface area contributed by atoms with Crippen LogP contribution in [-0.2, 0) is 9.59 Å². The Labute approximate surface area is 184 Å². The minimum Gasteiger partial charge on any atom is -0.450 e. The molecule has 0 atom stereocenters. The first kappa shape index (κ1) is 19.6. The lowest BCUT2D eigenvalue weighted by Gasteiger charge is -2.28. The van der Waals surface area contributed by atoms with Gasteiger partial charge in [-0.3, -0.25) is 19.8 Å². The van der Waals surface area contributed by atoms with E-state index in [1.165, 1.54) is 22.7 Å². The van der Waals surface area contributed by atoms with Crippen LogP contribution in [0.3, 0.4) is 0 Å². The lowest BCUT2D eigenvalue weighted by Crippen LogP contribution is -2.54. The Balaban J connectivity index is 1.61. The number of halogens is 1. The summed E-state index contributed by atoms with van der Waals surface area (Å²) in [5.74, 6) is -0.658. The van der Waals surface area contributed by atoms with Crippen LogP contribution >= 0.6 is 39.9 Å². The zero-order valence-electron chi connectivity index (χ0n) is 14.8. The Hall–Kier alpha value is -2.68. The highest BCUT2D eigenvalue weighted by atomic mass is 79.9. The number of nitrogens with one attached hydrogen (secondary N) is 1. The van der Waals surface area contributed by atoms with Gasteiger partial charge < -0.3 is 4.42 Å². The fourth-order valence-electron chi connectivity index (χ4n) is 2.72. The van der Waals surface area contributed by atoms with Crippen molar-refractivity contribution in [1.29, 1.82) is 0 Å². The summed E-state index contributed by atoms with van der Waals surface area (Å²) in [6.07, 6.45) is 1.43. The van der Waals surface area contributed by atoms with E-state index < -0.39 is 11.8 Å². The summed E-state index contributed by atoms with van der Waals surface area (Å²) in [6.45, 7) is 0. The number of carbonyl (C=O) groups is 2. The molecule has 1 aliphatic heterocycles. The van der Waals surface area contributed by atoms with Crippen LogP contribution < -0.4 is 10.2 Å². The molecule has 144 valence electrons. The number of amides is 2. The van der Waals surface area contributed by atoms with Crippen molar-refractivity contribution in [3.8, 4) is 0 Å². The monoisotopic (exact) mass is 484 g/mol. The average molecular weight is 485 g/mol. The van der Waals surface area contributed by atoms with Crippen LogP contribution in [-0.4, -0.2) is 16.9 Å². The number of benzene rings is 2. The molecular formula is C21H13BrN2O3S2. The van der Waals surface area contributed by atoms with Gasteiger partial charge in [0.2, 0.25) is 0 Å². The quantitative estimate of drug-likeness (QED) is 0.319. The topological polar surface area (TPSA) is 62.6 Å². The molecule has 0 radical (unpaired) electrons. The van der Waals surface area contributed by atoms with Crippen molar-refractivity contribution in [3.63, 3.8) is 0 Å². The molecule has 1 saturated heterocycles. The molecule has 1 aromatic heterocycles. The Bertz CT molecular complexity index is 1140. The fourth-order valence-corrected chi connectivity index (χ4v) is 4.19. The van der Waals surface area contributed by atoms with Gasteiger partial charge in [0.25, 0.3) is 11.8 Å². The first-order valence-corrected chi connectivity index (χ1v) is 10.5. The Morgan fingerprint density at radius 1 is 1.03 bits per heavy atom. The van der Waals surface area contributed by atoms with Crippen LogP contribution in [0.15, 0.2) is 91.2 Å². The molecule has 0 saturated carbocycles. The lowest BCUT2D eigenvalue weighted by molar-refractivity contribution is -0.122. The van der Waals surface area contributed by atoms with E-state index in [1.807, 2.05) is 36.4 Å². The Kier molecular flexibility index (Phi) is 5.66. The van der Waals surface area contributed by atoms with E-state index >= 15 is 0 Å². The molecule has 2 amide bonds. The standard InChI is InChI=1S/C21H13BrN2O3S2/c22-13-5-4-6-14(11-13)24-20(26)17(19(25)23-21(24)28)12-15-9-10-18(27-15)29-16-7-2-1-3-8-16/h1-12H,(H,23,25,28)/b17-12+. The van der Waals surface area contributed by atoms with E-state index in [1.54, 1.807) is 30.3 Å². The Morgan fingerprint density at radius 3 is 2.59 bits per heavy atom. The van der Waals surface area contributed by atoms with Crippen molar-refractivity contribution in [2.75, 3.05) is 4.90 Å². The molecule has 1 N–H and O–H groups in total. The Morgan fingerprint density at radius 2 is 1.83 bits per heavy atom. The van der Waals surface area contributed by atoms with Gasteiger partial charge in [-0.25, -0.2) is 0 Å².